The van der Waals surface area contributed by atoms with Crippen molar-refractivity contribution < 1.29 is 0 Å². The van der Waals surface area contributed by atoms with Gasteiger partial charge in [0.2, 0.25) is 0 Å². The van der Waals surface area contributed by atoms with Crippen LogP contribution in [0.15, 0.2) is 4.99 Å². The van der Waals surface area contributed by atoms with Crippen molar-refractivity contribution in [2.45, 2.75) is 30.7 Å². The van der Waals surface area contributed by atoms with Gasteiger partial charge in [-0.25, -0.2) is 0 Å². The lowest BCUT2D eigenvalue weighted by molar-refractivity contribution is 0.667. The maximum atomic E-state index is 4.50. The molecule has 0 radical (unpaired) electrons. The molecule has 1 unspecified atom stereocenters. The van der Waals surface area contributed by atoms with Crippen LogP contribution in [0, 0.1) is 0 Å². The first-order chi connectivity index (χ1) is 4.77. The lowest BCUT2D eigenvalue weighted by atomic mass is 10.2. The predicted octanol–water partition coefficient (Wildman–Crippen LogP) is 1.01. The Morgan fingerprint density at radius 2 is 2.60 bits per heavy atom. The van der Waals surface area contributed by atoms with Gasteiger partial charge in [-0.15, -0.1) is 11.8 Å². The van der Waals surface area contributed by atoms with Gasteiger partial charge in [0, 0.05) is 12.0 Å². The summed E-state index contributed by atoms with van der Waals surface area (Å²) >= 11 is 2.02. The van der Waals surface area contributed by atoms with Crippen LogP contribution in [-0.4, -0.2) is 26.7 Å². The van der Waals surface area contributed by atoms with Crippen molar-refractivity contribution in [1.29, 1.82) is 0 Å². The molecule has 3 heteroatoms. The Kier molecular flexibility index (Phi) is 2.98. The van der Waals surface area contributed by atoms with Gasteiger partial charge in [-0.05, 0) is 6.42 Å². The molecule has 1 aliphatic heterocycles. The van der Waals surface area contributed by atoms with Crippen molar-refractivity contribution >= 4 is 28.2 Å². The molecule has 0 N–H and O–H groups in total. The predicted molar refractivity (Wildman–Crippen MR) is 53.1 cm³/mol. The van der Waals surface area contributed by atoms with Crippen molar-refractivity contribution in [1.82, 2.24) is 0 Å². The number of unbranched alkanes of at least 4 members (excludes halogenated alkanes) is 1. The van der Waals surface area contributed by atoms with E-state index in [2.05, 4.69) is 18.1 Å². The summed E-state index contributed by atoms with van der Waals surface area (Å²) < 4.78 is 0.371. The molecule has 1 heterocycles. The SMILES string of the molecule is CCCCC1([SiH3])N=CCS1. The molecule has 1 atom stereocenters. The van der Waals surface area contributed by atoms with Crippen molar-refractivity contribution in [2.24, 2.45) is 4.99 Å². The molecule has 1 nitrogen and oxygen atoms in total. The zero-order valence-electron chi connectivity index (χ0n) is 6.76. The molecule has 0 aliphatic carbocycles. The summed E-state index contributed by atoms with van der Waals surface area (Å²) in [6.07, 6.45) is 6.03. The topological polar surface area (TPSA) is 12.4 Å². The Labute approximate surface area is 70.1 Å². The number of rotatable bonds is 3. The number of thioether (sulfide) groups is 1. The number of hydrogen-bond donors (Lipinski definition) is 0. The van der Waals surface area contributed by atoms with Crippen molar-refractivity contribution in [3.8, 4) is 0 Å². The second kappa shape index (κ2) is 3.58. The number of aliphatic imine (C=N–C) groups is 1. The van der Waals surface area contributed by atoms with Crippen LogP contribution in [-0.2, 0) is 0 Å². The maximum Gasteiger partial charge on any atom is 0.0846 e. The van der Waals surface area contributed by atoms with E-state index in [4.69, 9.17) is 0 Å². The quantitative estimate of drug-likeness (QED) is 0.580. The van der Waals surface area contributed by atoms with E-state index < -0.39 is 0 Å². The van der Waals surface area contributed by atoms with E-state index >= 15 is 0 Å². The second-order valence-electron chi connectivity index (χ2n) is 2.90. The van der Waals surface area contributed by atoms with E-state index in [0.29, 0.717) is 4.49 Å². The third-order valence-corrected chi connectivity index (χ3v) is 4.70. The molecule has 0 amide bonds. The molecule has 0 spiro atoms. The minimum atomic E-state index is 0.371. The van der Waals surface area contributed by atoms with E-state index in [1.54, 1.807) is 0 Å². The molecule has 0 aromatic carbocycles. The highest BCUT2D eigenvalue weighted by Gasteiger charge is 2.24. The minimum absolute atomic E-state index is 0.371. The van der Waals surface area contributed by atoms with Crippen LogP contribution < -0.4 is 0 Å². The normalized spacial score (nSPS) is 31.7. The summed E-state index contributed by atoms with van der Waals surface area (Å²) in [6.45, 7) is 2.24. The number of nitrogens with zero attached hydrogens (tertiary/aromatic N) is 1. The van der Waals surface area contributed by atoms with E-state index in [1.807, 2.05) is 11.8 Å². The van der Waals surface area contributed by atoms with Crippen LogP contribution in [0.3, 0.4) is 0 Å². The average Bonchev–Trinajstić information content (AvgIpc) is 2.33. The largest absolute Gasteiger partial charge is 0.284 e. The zero-order valence-corrected chi connectivity index (χ0v) is 9.58. The Morgan fingerprint density at radius 3 is 3.10 bits per heavy atom. The molecular formula is C7H15NSSi. The minimum Gasteiger partial charge on any atom is -0.284 e. The van der Waals surface area contributed by atoms with Gasteiger partial charge < -0.3 is 0 Å². The molecule has 58 valence electrons. The van der Waals surface area contributed by atoms with Crippen LogP contribution in [0.1, 0.15) is 26.2 Å². The van der Waals surface area contributed by atoms with Gasteiger partial charge in [0.05, 0.1) is 14.7 Å². The third kappa shape index (κ3) is 2.13. The highest BCUT2D eigenvalue weighted by Crippen LogP contribution is 2.31. The van der Waals surface area contributed by atoms with Gasteiger partial charge in [-0.3, -0.25) is 4.99 Å². The Balaban J connectivity index is 2.30. The standard InChI is InChI=1S/C7H15NSSi/c1-2-3-4-7(10)8-5-6-9-7/h5H,2-4,6H2,1,10H3. The molecule has 0 saturated carbocycles. The summed E-state index contributed by atoms with van der Waals surface area (Å²) in [6, 6.07) is 0. The second-order valence-corrected chi connectivity index (χ2v) is 6.78. The summed E-state index contributed by atoms with van der Waals surface area (Å²) in [5.41, 5.74) is 0. The Morgan fingerprint density at radius 1 is 1.80 bits per heavy atom. The highest BCUT2D eigenvalue weighted by molar-refractivity contribution is 8.02. The van der Waals surface area contributed by atoms with Gasteiger partial charge >= 0.3 is 0 Å². The summed E-state index contributed by atoms with van der Waals surface area (Å²) in [7, 11) is 1.21. The average molecular weight is 173 g/mol. The third-order valence-electron chi connectivity index (χ3n) is 1.83. The number of hydrogen-bond acceptors (Lipinski definition) is 2. The summed E-state index contributed by atoms with van der Waals surface area (Å²) in [4.78, 5) is 4.50. The molecule has 0 aromatic rings. The molecular weight excluding hydrogens is 158 g/mol. The molecule has 0 fully saturated rings. The van der Waals surface area contributed by atoms with Crippen molar-refractivity contribution in [2.75, 3.05) is 5.75 Å². The van der Waals surface area contributed by atoms with E-state index in [9.17, 15) is 0 Å². The van der Waals surface area contributed by atoms with Crippen molar-refractivity contribution in [3.63, 3.8) is 0 Å². The first-order valence-electron chi connectivity index (χ1n) is 3.94. The van der Waals surface area contributed by atoms with Gasteiger partial charge in [-0.1, -0.05) is 19.8 Å². The van der Waals surface area contributed by atoms with E-state index in [1.165, 1.54) is 29.5 Å². The molecule has 0 aromatic heterocycles. The van der Waals surface area contributed by atoms with E-state index in [-0.39, 0.29) is 0 Å². The molecule has 1 aliphatic rings. The van der Waals surface area contributed by atoms with E-state index in [0.717, 1.165) is 5.75 Å². The molecule has 10 heavy (non-hydrogen) atoms. The fourth-order valence-corrected chi connectivity index (χ4v) is 3.11. The van der Waals surface area contributed by atoms with Crippen molar-refractivity contribution in [3.05, 3.63) is 0 Å². The van der Waals surface area contributed by atoms with Crippen LogP contribution in [0.25, 0.3) is 0 Å². The lowest BCUT2D eigenvalue weighted by Crippen LogP contribution is -2.18. The van der Waals surface area contributed by atoms with Gasteiger partial charge in [0.1, 0.15) is 0 Å². The van der Waals surface area contributed by atoms with Crippen LogP contribution in [0.5, 0.6) is 0 Å². The zero-order chi connectivity index (χ0) is 7.45. The maximum absolute atomic E-state index is 4.50. The molecule has 0 saturated heterocycles. The van der Waals surface area contributed by atoms with Crippen LogP contribution in [0.4, 0.5) is 0 Å². The summed E-state index contributed by atoms with van der Waals surface area (Å²) in [5.74, 6) is 1.15. The Bertz CT molecular complexity index is 138. The monoisotopic (exact) mass is 173 g/mol. The van der Waals surface area contributed by atoms with Crippen LogP contribution in [0.2, 0.25) is 0 Å². The van der Waals surface area contributed by atoms with Gasteiger partial charge in [-0.2, -0.15) is 0 Å². The first kappa shape index (κ1) is 8.33. The summed E-state index contributed by atoms with van der Waals surface area (Å²) in [5, 5.41) is 0. The Hall–Kier alpha value is 0.237. The smallest absolute Gasteiger partial charge is 0.0846 e. The van der Waals surface area contributed by atoms with Crippen LogP contribution >= 0.6 is 11.8 Å². The van der Waals surface area contributed by atoms with Gasteiger partial charge in [0.25, 0.3) is 0 Å². The highest BCUT2D eigenvalue weighted by atomic mass is 32.2. The lowest BCUT2D eigenvalue weighted by Gasteiger charge is -2.18. The fourth-order valence-electron chi connectivity index (χ4n) is 1.13. The molecule has 1 rings (SSSR count). The van der Waals surface area contributed by atoms with Gasteiger partial charge in [0.15, 0.2) is 0 Å². The first-order valence-corrected chi connectivity index (χ1v) is 5.93. The fraction of sp³-hybridized carbons (Fsp3) is 0.857. The molecule has 0 bridgehead atoms.